The molecule has 3 nitrogen and oxygen atoms in total. The van der Waals surface area contributed by atoms with Crippen LogP contribution in [0.4, 0.5) is 8.78 Å². The summed E-state index contributed by atoms with van der Waals surface area (Å²) in [6.45, 7) is 0. The fraction of sp³-hybridized carbons (Fsp3) is 0.0909. The van der Waals surface area contributed by atoms with E-state index < -0.39 is 17.7 Å². The lowest BCUT2D eigenvalue weighted by molar-refractivity contribution is 0.425. The summed E-state index contributed by atoms with van der Waals surface area (Å²) in [7, 11) is 0. The van der Waals surface area contributed by atoms with Gasteiger partial charge in [-0.15, -0.1) is 0 Å². The third kappa shape index (κ3) is 2.49. The van der Waals surface area contributed by atoms with Crippen molar-refractivity contribution in [1.82, 2.24) is 5.43 Å². The smallest absolute Gasteiger partial charge is 0.140 e. The Morgan fingerprint density at radius 3 is 2.28 bits per heavy atom. The first kappa shape index (κ1) is 13.7. The van der Waals surface area contributed by atoms with Crippen LogP contribution in [0.3, 0.4) is 0 Å². The molecule has 1 aromatic carbocycles. The molecule has 1 atom stereocenters. The number of nitrogens with two attached hydrogens (primary N) is 1. The average molecular weight is 382 g/mol. The third-order valence-corrected chi connectivity index (χ3v) is 3.52. The maximum atomic E-state index is 13.8. The van der Waals surface area contributed by atoms with Gasteiger partial charge in [0.25, 0.3) is 0 Å². The van der Waals surface area contributed by atoms with Crippen molar-refractivity contribution in [2.45, 2.75) is 6.04 Å². The first-order valence-corrected chi connectivity index (χ1v) is 6.46. The Morgan fingerprint density at radius 2 is 1.83 bits per heavy atom. The van der Waals surface area contributed by atoms with E-state index in [4.69, 9.17) is 10.3 Å². The molecule has 0 radical (unpaired) electrons. The summed E-state index contributed by atoms with van der Waals surface area (Å²) < 4.78 is 33.8. The van der Waals surface area contributed by atoms with Crippen molar-refractivity contribution in [2.75, 3.05) is 0 Å². The van der Waals surface area contributed by atoms with E-state index in [1.165, 1.54) is 18.4 Å². The molecule has 1 heterocycles. The van der Waals surface area contributed by atoms with Crippen molar-refractivity contribution in [3.05, 3.63) is 56.4 Å². The zero-order chi connectivity index (χ0) is 13.3. The zero-order valence-corrected chi connectivity index (χ0v) is 12.1. The molecule has 96 valence electrons. The summed E-state index contributed by atoms with van der Waals surface area (Å²) in [4.78, 5) is 0. The van der Waals surface area contributed by atoms with Gasteiger partial charge in [-0.25, -0.2) is 14.2 Å². The van der Waals surface area contributed by atoms with Crippen molar-refractivity contribution < 1.29 is 13.2 Å². The largest absolute Gasteiger partial charge is 0.466 e. The highest BCUT2D eigenvalue weighted by Crippen LogP contribution is 2.33. The van der Waals surface area contributed by atoms with Crippen LogP contribution in [-0.2, 0) is 0 Å². The van der Waals surface area contributed by atoms with Crippen LogP contribution < -0.4 is 11.3 Å². The molecule has 0 fully saturated rings. The minimum atomic E-state index is -0.914. The van der Waals surface area contributed by atoms with Crippen LogP contribution in [0.5, 0.6) is 0 Å². The van der Waals surface area contributed by atoms with Crippen LogP contribution in [0.2, 0.25) is 0 Å². The van der Waals surface area contributed by atoms with Gasteiger partial charge in [-0.1, -0.05) is 15.9 Å². The average Bonchev–Trinajstić information content (AvgIpc) is 2.69. The summed E-state index contributed by atoms with van der Waals surface area (Å²) in [5.74, 6) is 4.24. The fourth-order valence-corrected chi connectivity index (χ4v) is 2.46. The topological polar surface area (TPSA) is 51.2 Å². The number of hydrogen-bond acceptors (Lipinski definition) is 3. The van der Waals surface area contributed by atoms with Crippen LogP contribution in [-0.4, -0.2) is 0 Å². The van der Waals surface area contributed by atoms with Gasteiger partial charge in [0.1, 0.15) is 23.4 Å². The number of nitrogens with one attached hydrogen (secondary N) is 1. The minimum Gasteiger partial charge on any atom is -0.466 e. The maximum absolute atomic E-state index is 13.8. The Kier molecular flexibility index (Phi) is 4.16. The van der Waals surface area contributed by atoms with Gasteiger partial charge in [0.15, 0.2) is 0 Å². The predicted octanol–water partition coefficient (Wildman–Crippen LogP) is 3.64. The lowest BCUT2D eigenvalue weighted by Crippen LogP contribution is -2.30. The van der Waals surface area contributed by atoms with Crippen molar-refractivity contribution in [3.8, 4) is 0 Å². The Balaban J connectivity index is 2.56. The molecule has 0 aliphatic heterocycles. The van der Waals surface area contributed by atoms with Gasteiger partial charge in [-0.3, -0.25) is 5.84 Å². The molecule has 1 aromatic heterocycles. The van der Waals surface area contributed by atoms with E-state index in [0.717, 1.165) is 0 Å². The molecule has 0 amide bonds. The molecule has 0 bridgehead atoms. The van der Waals surface area contributed by atoms with Gasteiger partial charge in [0, 0.05) is 10.0 Å². The standard InChI is InChI=1S/C11H8Br2F2N2O/c12-5-3-7(14)9(8(15)4-5)10(17-16)11-6(13)1-2-18-11/h1-4,10,17H,16H2. The molecule has 1 unspecified atom stereocenters. The summed E-state index contributed by atoms with van der Waals surface area (Å²) in [5.41, 5.74) is 2.15. The van der Waals surface area contributed by atoms with Gasteiger partial charge in [0.2, 0.25) is 0 Å². The van der Waals surface area contributed by atoms with Crippen LogP contribution in [0.15, 0.2) is 37.8 Å². The van der Waals surface area contributed by atoms with Crippen LogP contribution in [0.25, 0.3) is 0 Å². The maximum Gasteiger partial charge on any atom is 0.140 e. The minimum absolute atomic E-state index is 0.198. The monoisotopic (exact) mass is 380 g/mol. The fourth-order valence-electron chi connectivity index (χ4n) is 1.63. The van der Waals surface area contributed by atoms with Gasteiger partial charge in [-0.05, 0) is 34.1 Å². The molecule has 2 aromatic rings. The molecule has 2 rings (SSSR count). The number of hydrazine groups is 1. The number of hydrogen-bond donors (Lipinski definition) is 2. The first-order chi connectivity index (χ1) is 8.54. The Hall–Kier alpha value is -0.760. The molecule has 0 saturated carbocycles. The summed E-state index contributed by atoms with van der Waals surface area (Å²) in [6.07, 6.45) is 1.40. The van der Waals surface area contributed by atoms with E-state index in [1.54, 1.807) is 6.07 Å². The first-order valence-electron chi connectivity index (χ1n) is 4.88. The normalized spacial score (nSPS) is 12.7. The van der Waals surface area contributed by atoms with Crippen molar-refractivity contribution >= 4 is 31.9 Å². The number of rotatable bonds is 3. The van der Waals surface area contributed by atoms with Crippen molar-refractivity contribution in [3.63, 3.8) is 0 Å². The molecular weight excluding hydrogens is 374 g/mol. The van der Waals surface area contributed by atoms with Crippen molar-refractivity contribution in [1.29, 1.82) is 0 Å². The predicted molar refractivity (Wildman–Crippen MR) is 69.6 cm³/mol. The number of benzene rings is 1. The lowest BCUT2D eigenvalue weighted by Gasteiger charge is -2.16. The second-order valence-electron chi connectivity index (χ2n) is 3.52. The zero-order valence-electron chi connectivity index (χ0n) is 8.88. The SMILES string of the molecule is NNC(c1occc1Br)c1c(F)cc(Br)cc1F. The number of halogens is 4. The van der Waals surface area contributed by atoms with E-state index in [2.05, 4.69) is 37.3 Å². The molecule has 18 heavy (non-hydrogen) atoms. The molecule has 0 spiro atoms. The molecular formula is C11H8Br2F2N2O. The molecule has 0 aliphatic rings. The van der Waals surface area contributed by atoms with E-state index in [1.807, 2.05) is 0 Å². The highest BCUT2D eigenvalue weighted by atomic mass is 79.9. The number of furan rings is 1. The molecule has 0 saturated heterocycles. The van der Waals surface area contributed by atoms with E-state index in [0.29, 0.717) is 14.7 Å². The van der Waals surface area contributed by atoms with Crippen LogP contribution >= 0.6 is 31.9 Å². The van der Waals surface area contributed by atoms with Gasteiger partial charge in [-0.2, -0.15) is 0 Å². The Bertz CT molecular complexity index is 551. The lowest BCUT2D eigenvalue weighted by atomic mass is 10.0. The van der Waals surface area contributed by atoms with Crippen LogP contribution in [0.1, 0.15) is 17.4 Å². The highest BCUT2D eigenvalue weighted by molar-refractivity contribution is 9.10. The van der Waals surface area contributed by atoms with Crippen LogP contribution in [0, 0.1) is 11.6 Å². The van der Waals surface area contributed by atoms with Gasteiger partial charge >= 0.3 is 0 Å². The second kappa shape index (κ2) is 5.48. The summed E-state index contributed by atoms with van der Waals surface area (Å²) in [6, 6.07) is 3.04. The van der Waals surface area contributed by atoms with E-state index >= 15 is 0 Å². The van der Waals surface area contributed by atoms with Crippen molar-refractivity contribution in [2.24, 2.45) is 5.84 Å². The van der Waals surface area contributed by atoms with E-state index in [-0.39, 0.29) is 5.56 Å². The van der Waals surface area contributed by atoms with E-state index in [9.17, 15) is 8.78 Å². The Morgan fingerprint density at radius 1 is 1.22 bits per heavy atom. The second-order valence-corrected chi connectivity index (χ2v) is 5.29. The summed E-state index contributed by atoms with van der Waals surface area (Å²) in [5, 5.41) is 0. The quantitative estimate of drug-likeness (QED) is 0.630. The Labute approximate surface area is 119 Å². The molecule has 3 N–H and O–H groups in total. The molecule has 7 heteroatoms. The highest BCUT2D eigenvalue weighted by Gasteiger charge is 2.25. The van der Waals surface area contributed by atoms with Gasteiger partial charge in [0.05, 0.1) is 10.7 Å². The molecule has 0 aliphatic carbocycles. The third-order valence-electron chi connectivity index (χ3n) is 2.41. The van der Waals surface area contributed by atoms with Gasteiger partial charge < -0.3 is 4.42 Å². The summed E-state index contributed by atoms with van der Waals surface area (Å²) >= 11 is 6.24.